The second-order valence-corrected chi connectivity index (χ2v) is 8.73. The molecule has 1 aliphatic carbocycles. The van der Waals surface area contributed by atoms with E-state index in [2.05, 4.69) is 62.1 Å². The van der Waals surface area contributed by atoms with Gasteiger partial charge in [-0.05, 0) is 49.3 Å². The molecule has 0 aliphatic heterocycles. The molecule has 1 heterocycles. The fourth-order valence-electron chi connectivity index (χ4n) is 4.09. The van der Waals surface area contributed by atoms with Crippen LogP contribution in [0, 0.1) is 11.2 Å². The van der Waals surface area contributed by atoms with E-state index in [0.717, 1.165) is 42.7 Å². The number of allylic oxidation sites excluding steroid dienone is 3. The van der Waals surface area contributed by atoms with E-state index >= 15 is 0 Å². The molecule has 2 aromatic carbocycles. The van der Waals surface area contributed by atoms with E-state index in [-0.39, 0.29) is 11.2 Å². The van der Waals surface area contributed by atoms with Crippen molar-refractivity contribution in [2.24, 2.45) is 5.41 Å². The number of hydrogen-bond acceptors (Lipinski definition) is 3. The first-order valence-electron chi connectivity index (χ1n) is 11.4. The van der Waals surface area contributed by atoms with Crippen molar-refractivity contribution < 1.29 is 9.13 Å². The summed E-state index contributed by atoms with van der Waals surface area (Å²) in [7, 11) is 0. The van der Waals surface area contributed by atoms with Gasteiger partial charge < -0.3 is 4.74 Å². The minimum absolute atomic E-state index is 0.0681. The van der Waals surface area contributed by atoms with Gasteiger partial charge in [0.2, 0.25) is 0 Å². The van der Waals surface area contributed by atoms with Crippen LogP contribution in [-0.2, 0) is 6.54 Å². The van der Waals surface area contributed by atoms with E-state index in [1.54, 1.807) is 12.1 Å². The number of ether oxygens (including phenoxy) is 1. The zero-order chi connectivity index (χ0) is 22.6. The summed E-state index contributed by atoms with van der Waals surface area (Å²) in [5.41, 5.74) is 3.04. The summed E-state index contributed by atoms with van der Waals surface area (Å²) in [6.45, 7) is 9.97. The number of halogens is 1. The Bertz CT molecular complexity index is 1150. The molecule has 32 heavy (non-hydrogen) atoms. The van der Waals surface area contributed by atoms with Gasteiger partial charge in [-0.1, -0.05) is 63.3 Å². The van der Waals surface area contributed by atoms with Gasteiger partial charge in [-0.3, -0.25) is 4.90 Å². The topological polar surface area (TPSA) is 25.4 Å². The summed E-state index contributed by atoms with van der Waals surface area (Å²) in [5, 5.41) is 0.966. The average molecular weight is 431 g/mol. The predicted octanol–water partition coefficient (Wildman–Crippen LogP) is 6.78. The quantitative estimate of drug-likeness (QED) is 0.394. The van der Waals surface area contributed by atoms with Crippen molar-refractivity contribution in [2.45, 2.75) is 33.7 Å². The lowest BCUT2D eigenvalue weighted by Gasteiger charge is -2.27. The number of aromatic nitrogens is 1. The van der Waals surface area contributed by atoms with Crippen molar-refractivity contribution in [1.82, 2.24) is 9.88 Å². The first-order chi connectivity index (χ1) is 15.5. The van der Waals surface area contributed by atoms with Crippen LogP contribution < -0.4 is 4.74 Å². The van der Waals surface area contributed by atoms with Crippen LogP contribution in [0.15, 0.2) is 72.8 Å². The molecule has 1 atom stereocenters. The molecule has 1 aromatic heterocycles. The Morgan fingerprint density at radius 1 is 1.06 bits per heavy atom. The van der Waals surface area contributed by atoms with Gasteiger partial charge in [0.1, 0.15) is 11.6 Å². The summed E-state index contributed by atoms with van der Waals surface area (Å²) < 4.78 is 20.9. The van der Waals surface area contributed by atoms with Gasteiger partial charge in [-0.25, -0.2) is 9.37 Å². The van der Waals surface area contributed by atoms with Gasteiger partial charge in [-0.2, -0.15) is 0 Å². The second-order valence-electron chi connectivity index (χ2n) is 8.73. The Hall–Kier alpha value is -2.98. The first-order valence-corrected chi connectivity index (χ1v) is 11.4. The molecule has 0 spiro atoms. The van der Waals surface area contributed by atoms with Crippen LogP contribution in [0.4, 0.5) is 4.39 Å². The largest absolute Gasteiger partial charge is 0.492 e. The molecule has 3 nitrogen and oxygen atoms in total. The molecule has 166 valence electrons. The third kappa shape index (κ3) is 4.91. The maximum atomic E-state index is 14.5. The fourth-order valence-corrected chi connectivity index (χ4v) is 4.09. The number of rotatable bonds is 8. The van der Waals surface area contributed by atoms with Crippen molar-refractivity contribution in [3.05, 3.63) is 84.2 Å². The third-order valence-corrected chi connectivity index (χ3v) is 6.17. The van der Waals surface area contributed by atoms with Gasteiger partial charge in [0.25, 0.3) is 0 Å². The highest BCUT2D eigenvalue weighted by Gasteiger charge is 2.23. The molecule has 4 heteroatoms. The van der Waals surface area contributed by atoms with Gasteiger partial charge >= 0.3 is 0 Å². The summed E-state index contributed by atoms with van der Waals surface area (Å²) in [4.78, 5) is 7.16. The highest BCUT2D eigenvalue weighted by atomic mass is 19.1. The monoisotopic (exact) mass is 430 g/mol. The first kappa shape index (κ1) is 22.2. The van der Waals surface area contributed by atoms with Crippen LogP contribution in [0.25, 0.3) is 22.2 Å². The van der Waals surface area contributed by atoms with Gasteiger partial charge in [0.05, 0.1) is 17.8 Å². The summed E-state index contributed by atoms with van der Waals surface area (Å²) in [6, 6.07) is 14.9. The van der Waals surface area contributed by atoms with Crippen molar-refractivity contribution in [2.75, 3.05) is 19.7 Å². The molecule has 0 saturated heterocycles. The normalized spacial score (nSPS) is 17.9. The maximum absolute atomic E-state index is 14.5. The lowest BCUT2D eigenvalue weighted by Crippen LogP contribution is -2.23. The smallest absolute Gasteiger partial charge is 0.132 e. The molecular weight excluding hydrogens is 399 g/mol. The molecule has 0 saturated carbocycles. The number of nitrogens with zero attached hydrogens (tertiary/aromatic N) is 2. The zero-order valence-electron chi connectivity index (χ0n) is 19.1. The SMILES string of the molecule is CCN(CC)Cc1ccc2nc(-c3ccccc3F)cc(OCC3(C)C=CC=CC3)c2c1. The van der Waals surface area contributed by atoms with Crippen LogP contribution in [0.3, 0.4) is 0 Å². The number of pyridine rings is 1. The van der Waals surface area contributed by atoms with Crippen LogP contribution in [-0.4, -0.2) is 29.6 Å². The van der Waals surface area contributed by atoms with Crippen molar-refractivity contribution in [1.29, 1.82) is 0 Å². The Morgan fingerprint density at radius 3 is 2.59 bits per heavy atom. The van der Waals surface area contributed by atoms with E-state index < -0.39 is 0 Å². The molecular formula is C28H31FN2O. The molecule has 0 amide bonds. The maximum Gasteiger partial charge on any atom is 0.132 e. The number of fused-ring (bicyclic) bond motifs is 1. The van der Waals surface area contributed by atoms with Gasteiger partial charge in [0.15, 0.2) is 0 Å². The Balaban J connectivity index is 1.75. The van der Waals surface area contributed by atoms with Crippen molar-refractivity contribution in [3.8, 4) is 17.0 Å². The van der Waals surface area contributed by atoms with E-state index in [4.69, 9.17) is 9.72 Å². The number of hydrogen-bond donors (Lipinski definition) is 0. The summed E-state index contributed by atoms with van der Waals surface area (Å²) in [6.07, 6.45) is 9.44. The molecule has 1 unspecified atom stereocenters. The standard InChI is InChI=1S/C28H31FN2O/c1-4-31(5-2)19-21-13-14-25-23(17-21)27(32-20-28(3)15-9-6-10-16-28)18-26(30-25)22-11-7-8-12-24(22)29/h6-15,17-18H,4-5,16,19-20H2,1-3H3. The molecule has 1 aliphatic rings. The highest BCUT2D eigenvalue weighted by molar-refractivity contribution is 5.88. The lowest BCUT2D eigenvalue weighted by molar-refractivity contribution is 0.209. The lowest BCUT2D eigenvalue weighted by atomic mass is 9.85. The average Bonchev–Trinajstić information content (AvgIpc) is 2.81. The van der Waals surface area contributed by atoms with Gasteiger partial charge in [-0.15, -0.1) is 0 Å². The molecule has 0 radical (unpaired) electrons. The Labute approximate surface area is 190 Å². The highest BCUT2D eigenvalue weighted by Crippen LogP contribution is 2.34. The van der Waals surface area contributed by atoms with E-state index in [0.29, 0.717) is 17.9 Å². The van der Waals surface area contributed by atoms with Crippen LogP contribution in [0.1, 0.15) is 32.8 Å². The fraction of sp³-hybridized carbons (Fsp3) is 0.321. The van der Waals surface area contributed by atoms with E-state index in [9.17, 15) is 4.39 Å². The van der Waals surface area contributed by atoms with Crippen LogP contribution in [0.5, 0.6) is 5.75 Å². The molecule has 0 fully saturated rings. The molecule has 0 bridgehead atoms. The Morgan fingerprint density at radius 2 is 1.88 bits per heavy atom. The number of benzene rings is 2. The van der Waals surface area contributed by atoms with Gasteiger partial charge in [0, 0.05) is 29.0 Å². The van der Waals surface area contributed by atoms with Crippen molar-refractivity contribution in [3.63, 3.8) is 0 Å². The minimum Gasteiger partial charge on any atom is -0.492 e. The third-order valence-electron chi connectivity index (χ3n) is 6.17. The summed E-state index contributed by atoms with van der Waals surface area (Å²) in [5.74, 6) is 0.467. The molecule has 3 aromatic rings. The van der Waals surface area contributed by atoms with Crippen LogP contribution in [0.2, 0.25) is 0 Å². The molecule has 0 N–H and O–H groups in total. The second kappa shape index (κ2) is 9.66. The minimum atomic E-state index is -0.282. The van der Waals surface area contributed by atoms with E-state index in [1.807, 2.05) is 18.2 Å². The molecule has 4 rings (SSSR count). The predicted molar refractivity (Wildman–Crippen MR) is 130 cm³/mol. The van der Waals surface area contributed by atoms with E-state index in [1.165, 1.54) is 11.6 Å². The van der Waals surface area contributed by atoms with Crippen LogP contribution >= 0.6 is 0 Å². The van der Waals surface area contributed by atoms with Crippen molar-refractivity contribution >= 4 is 10.9 Å². The summed E-state index contributed by atoms with van der Waals surface area (Å²) >= 11 is 0. The Kier molecular flexibility index (Phi) is 6.71. The zero-order valence-corrected chi connectivity index (χ0v) is 19.1.